The average Bonchev–Trinajstić information content (AvgIpc) is 3.51. The van der Waals surface area contributed by atoms with Gasteiger partial charge in [0.1, 0.15) is 6.04 Å². The van der Waals surface area contributed by atoms with Gasteiger partial charge in [0.2, 0.25) is 11.8 Å². The highest BCUT2D eigenvalue weighted by Crippen LogP contribution is 2.68. The predicted octanol–water partition coefficient (Wildman–Crippen LogP) is 2.80. The first-order valence-electron chi connectivity index (χ1n) is 11.7. The summed E-state index contributed by atoms with van der Waals surface area (Å²) in [6.07, 6.45) is 4.57. The van der Waals surface area contributed by atoms with Gasteiger partial charge in [-0.1, -0.05) is 31.3 Å². The normalized spacial score (nSPS) is 34.3. The molecule has 0 unspecified atom stereocenters. The van der Waals surface area contributed by atoms with Crippen molar-refractivity contribution in [3.8, 4) is 0 Å². The summed E-state index contributed by atoms with van der Waals surface area (Å²) in [6, 6.07) is 2.78. The van der Waals surface area contributed by atoms with E-state index in [0.717, 1.165) is 26.8 Å². The average molecular weight is 500 g/mol. The van der Waals surface area contributed by atoms with Crippen LogP contribution in [0.15, 0.2) is 34.3 Å². The number of pyridine rings is 1. The molecule has 0 spiro atoms. The largest absolute Gasteiger partial charge is 0.480 e. The lowest BCUT2D eigenvalue weighted by Gasteiger charge is -2.42. The SMILES string of the molecule is CC(C)C[C@H](C(=O)O)N1C(=O)[C@@H]2[C@H]3C[C@@H]([C@@H]2C1=O)[C@@H]1[C@@H](c2cccnc2)c2sc(=O)[nH]c2S[C@@H]31. The lowest BCUT2D eigenvalue weighted by Crippen LogP contribution is -2.47. The second-order valence-corrected chi connectivity index (χ2v) is 12.5. The number of thiazole rings is 1. The molecular weight excluding hydrogens is 474 g/mol. The van der Waals surface area contributed by atoms with Crippen LogP contribution in [0.5, 0.6) is 0 Å². The smallest absolute Gasteiger partial charge is 0.326 e. The van der Waals surface area contributed by atoms with Crippen LogP contribution in [0.2, 0.25) is 0 Å². The van der Waals surface area contributed by atoms with Crippen LogP contribution in [0.1, 0.15) is 43.0 Å². The number of likely N-dealkylation sites (tertiary alicyclic amines) is 1. The quantitative estimate of drug-likeness (QED) is 0.607. The minimum absolute atomic E-state index is 0.0179. The van der Waals surface area contributed by atoms with Crippen LogP contribution in [-0.2, 0) is 14.4 Å². The molecule has 3 fully saturated rings. The Balaban J connectivity index is 1.42. The van der Waals surface area contributed by atoms with Crippen molar-refractivity contribution in [1.82, 2.24) is 14.9 Å². The van der Waals surface area contributed by atoms with Gasteiger partial charge in [-0.3, -0.25) is 24.3 Å². The molecule has 0 aromatic carbocycles. The number of nitrogens with one attached hydrogen (secondary N) is 1. The standard InChI is InChI=1S/C24H25N3O5S2/c1-9(2)6-13(23(30)31)27-21(28)16-11-7-12(17(16)22(27)29)18-15(11)14(10-4-3-5-25-8-10)19-20(33-18)26-24(32)34-19/h3-5,8-9,11-18H,6-7H2,1-2H3,(H,26,32)(H,30,31)/t11-,12-,13-,14-,15-,16+,17-,18+/m1/s1. The minimum atomic E-state index is -1.12. The number of nitrogens with zero attached hydrogens (tertiary/aromatic N) is 2. The van der Waals surface area contributed by atoms with Gasteiger partial charge in [0.25, 0.3) is 0 Å². The topological polar surface area (TPSA) is 120 Å². The van der Waals surface area contributed by atoms with E-state index >= 15 is 0 Å². The zero-order valence-electron chi connectivity index (χ0n) is 18.7. The number of aliphatic carboxylic acids is 1. The Hall–Kier alpha value is -2.46. The van der Waals surface area contributed by atoms with Crippen molar-refractivity contribution in [2.24, 2.45) is 35.5 Å². The summed E-state index contributed by atoms with van der Waals surface area (Å²) in [5, 5.41) is 10.8. The van der Waals surface area contributed by atoms with Gasteiger partial charge in [0.05, 0.1) is 16.9 Å². The summed E-state index contributed by atoms with van der Waals surface area (Å²) in [6.45, 7) is 3.79. The Morgan fingerprint density at radius 1 is 1.24 bits per heavy atom. The van der Waals surface area contributed by atoms with Gasteiger partial charge in [0, 0.05) is 28.4 Å². The van der Waals surface area contributed by atoms with Crippen molar-refractivity contribution in [2.45, 2.75) is 48.9 Å². The van der Waals surface area contributed by atoms with Gasteiger partial charge in [-0.05, 0) is 48.1 Å². The fourth-order valence-electron chi connectivity index (χ4n) is 7.04. The van der Waals surface area contributed by atoms with Crippen LogP contribution >= 0.6 is 23.1 Å². The molecule has 2 bridgehead atoms. The predicted molar refractivity (Wildman–Crippen MR) is 125 cm³/mol. The number of fused-ring (bicyclic) bond motifs is 9. The maximum absolute atomic E-state index is 13.7. The molecular formula is C24H25N3O5S2. The first-order chi connectivity index (χ1) is 16.3. The van der Waals surface area contributed by atoms with Gasteiger partial charge in [0.15, 0.2) is 0 Å². The zero-order valence-corrected chi connectivity index (χ0v) is 20.3. The number of H-pyrrole nitrogens is 1. The molecule has 2 aromatic heterocycles. The molecule has 34 heavy (non-hydrogen) atoms. The Labute approximate surface area is 204 Å². The number of aromatic nitrogens is 2. The van der Waals surface area contributed by atoms with Crippen molar-refractivity contribution in [2.75, 3.05) is 0 Å². The van der Waals surface area contributed by atoms with E-state index in [2.05, 4.69) is 9.97 Å². The first kappa shape index (κ1) is 22.0. The number of carbonyl (C=O) groups is 3. The van der Waals surface area contributed by atoms with Crippen LogP contribution in [0.25, 0.3) is 0 Å². The molecule has 2 aliphatic heterocycles. The highest BCUT2D eigenvalue weighted by atomic mass is 32.2. The van der Waals surface area contributed by atoms with Crippen LogP contribution < -0.4 is 4.87 Å². The Morgan fingerprint density at radius 2 is 1.97 bits per heavy atom. The monoisotopic (exact) mass is 499 g/mol. The number of thioether (sulfide) groups is 1. The summed E-state index contributed by atoms with van der Waals surface area (Å²) < 4.78 is 0. The minimum Gasteiger partial charge on any atom is -0.480 e. The molecule has 6 rings (SSSR count). The van der Waals surface area contributed by atoms with Crippen LogP contribution in [0, 0.1) is 35.5 Å². The number of hydrogen-bond acceptors (Lipinski definition) is 7. The third kappa shape index (κ3) is 3.00. The lowest BCUT2D eigenvalue weighted by atomic mass is 9.68. The molecule has 1 saturated heterocycles. The van der Waals surface area contributed by atoms with E-state index in [-0.39, 0.29) is 57.9 Å². The molecule has 178 valence electrons. The number of amides is 2. The van der Waals surface area contributed by atoms with Gasteiger partial charge in [-0.2, -0.15) is 0 Å². The second-order valence-electron chi connectivity index (χ2n) is 10.3. The van der Waals surface area contributed by atoms with E-state index in [4.69, 9.17) is 0 Å². The molecule has 8 atom stereocenters. The molecule has 2 amide bonds. The molecule has 4 aliphatic rings. The molecule has 4 heterocycles. The lowest BCUT2D eigenvalue weighted by molar-refractivity contribution is -0.156. The van der Waals surface area contributed by atoms with E-state index in [1.807, 2.05) is 32.2 Å². The number of rotatable bonds is 5. The van der Waals surface area contributed by atoms with E-state index in [9.17, 15) is 24.3 Å². The second kappa shape index (κ2) is 7.78. The molecule has 2 aliphatic carbocycles. The number of carboxylic acid groups (broad SMARTS) is 1. The molecule has 2 aromatic rings. The number of aromatic amines is 1. The summed E-state index contributed by atoms with van der Waals surface area (Å²) in [5.74, 6) is -2.71. The van der Waals surface area contributed by atoms with Crippen molar-refractivity contribution >= 4 is 40.9 Å². The van der Waals surface area contributed by atoms with Gasteiger partial charge >= 0.3 is 10.8 Å². The number of hydrogen-bond donors (Lipinski definition) is 2. The molecule has 2 N–H and O–H groups in total. The highest BCUT2D eigenvalue weighted by Gasteiger charge is 2.70. The Bertz CT molecular complexity index is 1240. The van der Waals surface area contributed by atoms with E-state index in [0.29, 0.717) is 0 Å². The molecule has 2 saturated carbocycles. The van der Waals surface area contributed by atoms with Gasteiger partial charge in [-0.25, -0.2) is 4.79 Å². The zero-order chi connectivity index (χ0) is 23.9. The molecule has 10 heteroatoms. The highest BCUT2D eigenvalue weighted by molar-refractivity contribution is 8.00. The third-order valence-electron chi connectivity index (χ3n) is 8.09. The Kier molecular flexibility index (Phi) is 5.04. The van der Waals surface area contributed by atoms with Crippen LogP contribution in [-0.4, -0.2) is 49.0 Å². The van der Waals surface area contributed by atoms with Crippen LogP contribution in [0.4, 0.5) is 0 Å². The summed E-state index contributed by atoms with van der Waals surface area (Å²) >= 11 is 2.84. The van der Waals surface area contributed by atoms with E-state index in [1.54, 1.807) is 18.0 Å². The van der Waals surface area contributed by atoms with Crippen molar-refractivity contribution in [3.63, 3.8) is 0 Å². The van der Waals surface area contributed by atoms with Crippen molar-refractivity contribution in [1.29, 1.82) is 0 Å². The first-order valence-corrected chi connectivity index (χ1v) is 13.4. The van der Waals surface area contributed by atoms with E-state index < -0.39 is 23.8 Å². The molecule has 0 radical (unpaired) electrons. The van der Waals surface area contributed by atoms with Crippen LogP contribution in [0.3, 0.4) is 0 Å². The fourth-order valence-corrected chi connectivity index (χ4v) is 9.93. The van der Waals surface area contributed by atoms with E-state index in [1.165, 1.54) is 11.3 Å². The molecule has 8 nitrogen and oxygen atoms in total. The van der Waals surface area contributed by atoms with Crippen molar-refractivity contribution in [3.05, 3.63) is 44.6 Å². The third-order valence-corrected chi connectivity index (χ3v) is 10.7. The Morgan fingerprint density at radius 3 is 2.62 bits per heavy atom. The maximum atomic E-state index is 13.7. The van der Waals surface area contributed by atoms with Gasteiger partial charge < -0.3 is 10.1 Å². The summed E-state index contributed by atoms with van der Waals surface area (Å²) in [5.41, 5.74) is 1.01. The number of carboxylic acids is 1. The number of imide groups is 1. The summed E-state index contributed by atoms with van der Waals surface area (Å²) in [7, 11) is 0. The fraction of sp³-hybridized carbons (Fsp3) is 0.542. The summed E-state index contributed by atoms with van der Waals surface area (Å²) in [4.78, 5) is 60.8. The number of carbonyl (C=O) groups excluding carboxylic acids is 2. The van der Waals surface area contributed by atoms with Crippen molar-refractivity contribution < 1.29 is 19.5 Å². The van der Waals surface area contributed by atoms with Gasteiger partial charge in [-0.15, -0.1) is 11.8 Å². The maximum Gasteiger partial charge on any atom is 0.326 e.